The van der Waals surface area contributed by atoms with E-state index in [1.54, 1.807) is 35.6 Å². The SMILES string of the molecule is O=C(Nc1ccn([C@H]2C[C@H](OP3(=S)OCC4(CCCCC4)S3)[C@@H](CO)O2)c(=O)n1)c1ccccc1. The Kier molecular flexibility index (Phi) is 7.46. The second-order valence-corrected chi connectivity index (χ2v) is 15.6. The number of aliphatic hydroxyl groups excluding tert-OH is 1. The minimum atomic E-state index is -2.58. The fraction of sp³-hybridized carbons (Fsp3) is 0.522. The molecule has 2 saturated heterocycles. The summed E-state index contributed by atoms with van der Waals surface area (Å²) < 4.78 is 19.7. The van der Waals surface area contributed by atoms with E-state index in [2.05, 4.69) is 10.3 Å². The highest BCUT2D eigenvalue weighted by Crippen LogP contribution is 2.74. The lowest BCUT2D eigenvalue weighted by atomic mass is 9.89. The van der Waals surface area contributed by atoms with E-state index in [0.29, 0.717) is 18.6 Å². The molecule has 1 spiro atoms. The van der Waals surface area contributed by atoms with Crippen LogP contribution in [0.15, 0.2) is 47.4 Å². The van der Waals surface area contributed by atoms with E-state index in [0.717, 1.165) is 12.8 Å². The van der Waals surface area contributed by atoms with Crippen molar-refractivity contribution in [3.8, 4) is 0 Å². The molecular formula is C23H28N3O6PS2. The van der Waals surface area contributed by atoms with Crippen LogP contribution in [-0.2, 0) is 25.6 Å². The highest BCUT2D eigenvalue weighted by molar-refractivity contribution is 8.68. The number of aromatic nitrogens is 2. The number of carbonyl (C=O) groups is 1. The number of amides is 1. The van der Waals surface area contributed by atoms with Crippen molar-refractivity contribution in [2.75, 3.05) is 18.5 Å². The molecule has 0 bridgehead atoms. The van der Waals surface area contributed by atoms with Gasteiger partial charge in [-0.3, -0.25) is 9.36 Å². The molecule has 2 aromatic rings. The summed E-state index contributed by atoms with van der Waals surface area (Å²) in [7, 11) is 0. The van der Waals surface area contributed by atoms with E-state index in [9.17, 15) is 14.7 Å². The van der Waals surface area contributed by atoms with Crippen molar-refractivity contribution in [3.05, 3.63) is 58.6 Å². The van der Waals surface area contributed by atoms with Gasteiger partial charge in [0.15, 0.2) is 0 Å². The third-order valence-electron chi connectivity index (χ3n) is 6.60. The average Bonchev–Trinajstić information content (AvgIpc) is 3.40. The first kappa shape index (κ1) is 25.1. The summed E-state index contributed by atoms with van der Waals surface area (Å²) in [5.74, 6) is -0.209. The molecule has 3 heterocycles. The van der Waals surface area contributed by atoms with Crippen LogP contribution in [0.1, 0.15) is 55.1 Å². The molecule has 188 valence electrons. The number of carbonyl (C=O) groups excluding carboxylic acids is 1. The van der Waals surface area contributed by atoms with E-state index < -0.39 is 29.8 Å². The van der Waals surface area contributed by atoms with Gasteiger partial charge in [0, 0.05) is 22.9 Å². The zero-order valence-corrected chi connectivity index (χ0v) is 21.6. The lowest BCUT2D eigenvalue weighted by Gasteiger charge is -2.30. The molecule has 1 aromatic carbocycles. The monoisotopic (exact) mass is 537 g/mol. The predicted octanol–water partition coefficient (Wildman–Crippen LogP) is 3.85. The normalized spacial score (nSPS) is 29.9. The molecule has 2 aliphatic heterocycles. The van der Waals surface area contributed by atoms with E-state index in [-0.39, 0.29) is 23.1 Å². The maximum absolute atomic E-state index is 12.7. The average molecular weight is 538 g/mol. The van der Waals surface area contributed by atoms with E-state index >= 15 is 0 Å². The number of aliphatic hydroxyl groups is 1. The van der Waals surface area contributed by atoms with Crippen molar-refractivity contribution in [1.29, 1.82) is 0 Å². The molecule has 1 aliphatic carbocycles. The quantitative estimate of drug-likeness (QED) is 0.531. The number of benzene rings is 1. The van der Waals surface area contributed by atoms with Gasteiger partial charge in [-0.15, -0.1) is 0 Å². The molecular weight excluding hydrogens is 509 g/mol. The third-order valence-corrected chi connectivity index (χ3v) is 12.4. The number of anilines is 1. The Bertz CT molecular complexity index is 1170. The van der Waals surface area contributed by atoms with Crippen LogP contribution in [0.4, 0.5) is 5.82 Å². The van der Waals surface area contributed by atoms with E-state index in [1.807, 2.05) is 6.07 Å². The van der Waals surface area contributed by atoms with Crippen LogP contribution < -0.4 is 11.0 Å². The Balaban J connectivity index is 1.25. The summed E-state index contributed by atoms with van der Waals surface area (Å²) in [4.78, 5) is 29.1. The van der Waals surface area contributed by atoms with Gasteiger partial charge < -0.3 is 24.2 Å². The molecule has 35 heavy (non-hydrogen) atoms. The van der Waals surface area contributed by atoms with Gasteiger partial charge in [0.2, 0.25) is 5.69 Å². The van der Waals surface area contributed by atoms with Gasteiger partial charge in [0.1, 0.15) is 18.1 Å². The van der Waals surface area contributed by atoms with Gasteiger partial charge in [-0.1, -0.05) is 48.8 Å². The number of nitrogens with one attached hydrogen (secondary N) is 1. The molecule has 3 aliphatic rings. The second kappa shape index (κ2) is 10.4. The predicted molar refractivity (Wildman–Crippen MR) is 137 cm³/mol. The molecule has 0 radical (unpaired) electrons. The molecule has 1 amide bonds. The Labute approximate surface area is 212 Å². The molecule has 9 nitrogen and oxygen atoms in total. The highest BCUT2D eigenvalue weighted by atomic mass is 32.9. The molecule has 2 N–H and O–H groups in total. The van der Waals surface area contributed by atoms with E-state index in [1.165, 1.54) is 36.1 Å². The number of rotatable bonds is 6. The van der Waals surface area contributed by atoms with Crippen molar-refractivity contribution in [1.82, 2.24) is 9.55 Å². The smallest absolute Gasteiger partial charge is 0.351 e. The largest absolute Gasteiger partial charge is 0.394 e. The third kappa shape index (κ3) is 5.56. The summed E-state index contributed by atoms with van der Waals surface area (Å²) in [5.41, 5.74) is -2.69. The van der Waals surface area contributed by atoms with Gasteiger partial charge in [-0.05, 0) is 42.8 Å². The number of ether oxygens (including phenoxy) is 1. The zero-order valence-electron chi connectivity index (χ0n) is 19.1. The molecule has 1 aromatic heterocycles. The van der Waals surface area contributed by atoms with Crippen LogP contribution >= 0.6 is 17.1 Å². The molecule has 1 saturated carbocycles. The Morgan fingerprint density at radius 3 is 2.77 bits per heavy atom. The summed E-state index contributed by atoms with van der Waals surface area (Å²) in [6.45, 7) is 0.342. The molecule has 12 heteroatoms. The van der Waals surface area contributed by atoms with Crippen LogP contribution in [0.2, 0.25) is 0 Å². The van der Waals surface area contributed by atoms with Crippen LogP contribution in [0.25, 0.3) is 0 Å². The minimum Gasteiger partial charge on any atom is -0.394 e. The van der Waals surface area contributed by atoms with Crippen LogP contribution in [-0.4, -0.2) is 50.7 Å². The van der Waals surface area contributed by atoms with Gasteiger partial charge in [0.05, 0.1) is 19.3 Å². The van der Waals surface area contributed by atoms with Gasteiger partial charge in [-0.25, -0.2) is 4.79 Å². The summed E-state index contributed by atoms with van der Waals surface area (Å²) >= 11 is 7.47. The second-order valence-electron chi connectivity index (χ2n) is 9.07. The number of hydrogen-bond donors (Lipinski definition) is 2. The van der Waals surface area contributed by atoms with Crippen molar-refractivity contribution < 1.29 is 23.7 Å². The Morgan fingerprint density at radius 1 is 1.29 bits per heavy atom. The molecule has 4 atom stereocenters. The molecule has 1 unspecified atom stereocenters. The number of nitrogens with zero attached hydrogens (tertiary/aromatic N) is 2. The Morgan fingerprint density at radius 2 is 2.06 bits per heavy atom. The standard InChI is InChI=1S/C23H28N3O6PS2/c27-14-18-17(32-33(34)30-15-23(35-33)10-5-2-6-11-23)13-20(31-18)26-12-9-19(25-22(26)29)24-21(28)16-7-3-1-4-8-16/h1,3-4,7-9,12,17-18,20,27H,2,5-6,10-11,13-15H2,(H,24,25,28,29)/t17-,18+,20+,33?/m0/s1. The van der Waals surface area contributed by atoms with E-state index in [4.69, 9.17) is 25.6 Å². The fourth-order valence-corrected chi connectivity index (χ4v) is 11.8. The topological polar surface area (TPSA) is 112 Å². The highest BCUT2D eigenvalue weighted by Gasteiger charge is 2.49. The summed E-state index contributed by atoms with van der Waals surface area (Å²) in [5, 5.41) is 12.5. The minimum absolute atomic E-state index is 0.0439. The number of hydrogen-bond acceptors (Lipinski definition) is 9. The first-order valence-corrected chi connectivity index (χ1v) is 15.8. The van der Waals surface area contributed by atoms with Crippen molar-refractivity contribution in [3.63, 3.8) is 0 Å². The summed E-state index contributed by atoms with van der Waals surface area (Å²) in [6.07, 6.45) is 5.83. The van der Waals surface area contributed by atoms with Gasteiger partial charge >= 0.3 is 5.69 Å². The van der Waals surface area contributed by atoms with Crippen molar-refractivity contribution in [2.24, 2.45) is 0 Å². The first-order valence-electron chi connectivity index (χ1n) is 11.7. The fourth-order valence-electron chi connectivity index (χ4n) is 4.76. The molecule has 3 fully saturated rings. The van der Waals surface area contributed by atoms with Crippen molar-refractivity contribution in [2.45, 2.75) is 61.7 Å². The molecule has 5 rings (SSSR count). The van der Waals surface area contributed by atoms with Crippen LogP contribution in [0, 0.1) is 0 Å². The summed E-state index contributed by atoms with van der Waals surface area (Å²) in [6, 6.07) is 10.2. The maximum Gasteiger partial charge on any atom is 0.351 e. The van der Waals surface area contributed by atoms with Crippen molar-refractivity contribution >= 4 is 40.6 Å². The van der Waals surface area contributed by atoms with Gasteiger partial charge in [-0.2, -0.15) is 4.98 Å². The lowest BCUT2D eigenvalue weighted by Crippen LogP contribution is -2.28. The first-order chi connectivity index (χ1) is 16.9. The zero-order chi connectivity index (χ0) is 24.5. The lowest BCUT2D eigenvalue weighted by molar-refractivity contribution is -0.0419. The maximum atomic E-state index is 12.7. The van der Waals surface area contributed by atoms with Crippen LogP contribution in [0.5, 0.6) is 0 Å². The van der Waals surface area contributed by atoms with Gasteiger partial charge in [0.25, 0.3) is 5.91 Å². The Hall–Kier alpha value is -1.59. The van der Waals surface area contributed by atoms with Crippen LogP contribution in [0.3, 0.4) is 0 Å².